The predicted molar refractivity (Wildman–Crippen MR) is 91.4 cm³/mol. The van der Waals surface area contributed by atoms with E-state index < -0.39 is 0 Å². The molecular formula is C20H21NO2. The Bertz CT molecular complexity index is 951. The quantitative estimate of drug-likeness (QED) is 0.580. The second-order valence-electron chi connectivity index (χ2n) is 7.74. The molecule has 1 atom stereocenters. The Hall–Kier alpha value is -2.03. The zero-order valence-electron chi connectivity index (χ0n) is 13.9. The Morgan fingerprint density at radius 2 is 2.13 bits per heavy atom. The minimum absolute atomic E-state index is 0.227. The lowest BCUT2D eigenvalue weighted by Gasteiger charge is -2.33. The Morgan fingerprint density at radius 3 is 3.00 bits per heavy atom. The van der Waals surface area contributed by atoms with E-state index in [1.807, 2.05) is 0 Å². The van der Waals surface area contributed by atoms with E-state index in [4.69, 9.17) is 9.15 Å². The van der Waals surface area contributed by atoms with Crippen LogP contribution >= 0.6 is 0 Å². The maximum absolute atomic E-state index is 6.06. The lowest BCUT2D eigenvalue weighted by molar-refractivity contribution is 0.340. The molecule has 3 heteroatoms. The molecule has 0 bridgehead atoms. The molecule has 3 nitrogen and oxygen atoms in total. The van der Waals surface area contributed by atoms with Gasteiger partial charge in [0.05, 0.1) is 6.61 Å². The smallest absolute Gasteiger partial charge is 0.182 e. The van der Waals surface area contributed by atoms with Crippen molar-refractivity contribution in [3.63, 3.8) is 0 Å². The molecule has 2 heterocycles. The van der Waals surface area contributed by atoms with Crippen molar-refractivity contribution in [1.82, 2.24) is 4.98 Å². The van der Waals surface area contributed by atoms with Gasteiger partial charge in [0.2, 0.25) is 0 Å². The lowest BCUT2D eigenvalue weighted by Crippen LogP contribution is -2.23. The summed E-state index contributed by atoms with van der Waals surface area (Å²) in [5.74, 6) is 1.38. The van der Waals surface area contributed by atoms with Gasteiger partial charge in [-0.25, -0.2) is 4.98 Å². The summed E-state index contributed by atoms with van der Waals surface area (Å²) in [4.78, 5) is 4.59. The molecule has 0 unspecified atom stereocenters. The minimum atomic E-state index is 0.227. The average molecular weight is 307 g/mol. The van der Waals surface area contributed by atoms with Gasteiger partial charge < -0.3 is 9.15 Å². The van der Waals surface area contributed by atoms with Crippen molar-refractivity contribution in [1.29, 1.82) is 0 Å². The molecular weight excluding hydrogens is 286 g/mol. The summed E-state index contributed by atoms with van der Waals surface area (Å²) in [6.07, 6.45) is 5.17. The Morgan fingerprint density at radius 1 is 1.26 bits per heavy atom. The highest BCUT2D eigenvalue weighted by Crippen LogP contribution is 2.49. The van der Waals surface area contributed by atoms with Gasteiger partial charge in [-0.05, 0) is 35.8 Å². The van der Waals surface area contributed by atoms with Crippen LogP contribution in [0.25, 0.3) is 21.9 Å². The molecule has 3 aromatic rings. The number of rotatable bonds is 0. The van der Waals surface area contributed by atoms with Crippen molar-refractivity contribution in [3.8, 4) is 5.75 Å². The summed E-state index contributed by atoms with van der Waals surface area (Å²) in [6.45, 7) is 7.62. The van der Waals surface area contributed by atoms with Crippen molar-refractivity contribution < 1.29 is 9.15 Å². The van der Waals surface area contributed by atoms with Crippen LogP contribution < -0.4 is 4.74 Å². The normalized spacial score (nSPS) is 22.1. The SMILES string of the molecule is C[C@H]1COc2c1c1ocnc1c1c3c(ccc21)C(C)(C)CCC3. The minimum Gasteiger partial charge on any atom is -0.492 e. The molecule has 23 heavy (non-hydrogen) atoms. The molecule has 2 aromatic carbocycles. The van der Waals surface area contributed by atoms with Crippen LogP contribution in [0.15, 0.2) is 22.9 Å². The van der Waals surface area contributed by atoms with Gasteiger partial charge in [0.15, 0.2) is 12.0 Å². The number of fused-ring (bicyclic) bond motifs is 8. The van der Waals surface area contributed by atoms with Crippen LogP contribution in [0.3, 0.4) is 0 Å². The molecule has 2 aliphatic rings. The summed E-state index contributed by atoms with van der Waals surface area (Å²) < 4.78 is 11.8. The van der Waals surface area contributed by atoms with Crippen molar-refractivity contribution in [2.45, 2.75) is 51.4 Å². The average Bonchev–Trinajstić information content (AvgIpc) is 3.13. The van der Waals surface area contributed by atoms with E-state index in [-0.39, 0.29) is 5.41 Å². The zero-order valence-corrected chi connectivity index (χ0v) is 13.9. The summed E-state index contributed by atoms with van der Waals surface area (Å²) in [5, 5.41) is 2.47. The third kappa shape index (κ3) is 1.63. The largest absolute Gasteiger partial charge is 0.492 e. The third-order valence-electron chi connectivity index (χ3n) is 5.78. The molecule has 0 amide bonds. The molecule has 5 rings (SSSR count). The topological polar surface area (TPSA) is 35.3 Å². The van der Waals surface area contributed by atoms with E-state index in [9.17, 15) is 0 Å². The number of benzene rings is 2. The van der Waals surface area contributed by atoms with Gasteiger partial charge in [-0.2, -0.15) is 0 Å². The summed E-state index contributed by atoms with van der Waals surface area (Å²) in [6, 6.07) is 4.56. The van der Waals surface area contributed by atoms with Gasteiger partial charge in [0.1, 0.15) is 11.3 Å². The molecule has 0 saturated carbocycles. The van der Waals surface area contributed by atoms with E-state index in [1.54, 1.807) is 6.39 Å². The first kappa shape index (κ1) is 13.4. The van der Waals surface area contributed by atoms with Crippen LogP contribution in [0.1, 0.15) is 56.2 Å². The van der Waals surface area contributed by atoms with Crippen LogP contribution in [0.2, 0.25) is 0 Å². The highest BCUT2D eigenvalue weighted by molar-refractivity contribution is 6.11. The summed E-state index contributed by atoms with van der Waals surface area (Å²) >= 11 is 0. The number of ether oxygens (including phenoxy) is 1. The first-order chi connectivity index (χ1) is 11.1. The number of aromatic nitrogens is 1. The molecule has 0 spiro atoms. The monoisotopic (exact) mass is 307 g/mol. The third-order valence-corrected chi connectivity index (χ3v) is 5.78. The Kier molecular flexibility index (Phi) is 2.50. The van der Waals surface area contributed by atoms with E-state index in [2.05, 4.69) is 37.9 Å². The molecule has 0 radical (unpaired) electrons. The maximum Gasteiger partial charge on any atom is 0.182 e. The molecule has 1 aliphatic heterocycles. The number of hydrogen-bond acceptors (Lipinski definition) is 3. The fraction of sp³-hybridized carbons (Fsp3) is 0.450. The molecule has 0 fully saturated rings. The number of hydrogen-bond donors (Lipinski definition) is 0. The van der Waals surface area contributed by atoms with Gasteiger partial charge in [-0.3, -0.25) is 0 Å². The van der Waals surface area contributed by atoms with E-state index in [0.29, 0.717) is 5.92 Å². The van der Waals surface area contributed by atoms with E-state index in [1.165, 1.54) is 40.3 Å². The van der Waals surface area contributed by atoms with Crippen LogP contribution in [-0.2, 0) is 11.8 Å². The molecule has 118 valence electrons. The Balaban J connectivity index is 1.99. The zero-order chi connectivity index (χ0) is 15.8. The van der Waals surface area contributed by atoms with Crippen molar-refractivity contribution in [2.75, 3.05) is 6.61 Å². The summed E-state index contributed by atoms with van der Waals surface area (Å²) in [5.41, 5.74) is 6.28. The van der Waals surface area contributed by atoms with Crippen LogP contribution in [0.4, 0.5) is 0 Å². The predicted octanol–water partition coefficient (Wildman–Crippen LogP) is 5.09. The molecule has 0 N–H and O–H groups in total. The Labute approximate surface area is 135 Å². The van der Waals surface area contributed by atoms with Crippen LogP contribution in [0, 0.1) is 0 Å². The fourth-order valence-corrected chi connectivity index (χ4v) is 4.60. The highest BCUT2D eigenvalue weighted by atomic mass is 16.5. The lowest BCUT2D eigenvalue weighted by atomic mass is 9.71. The first-order valence-electron chi connectivity index (χ1n) is 8.56. The van der Waals surface area contributed by atoms with E-state index in [0.717, 1.165) is 29.9 Å². The second kappa shape index (κ2) is 4.28. The molecule has 1 aliphatic carbocycles. The number of aryl methyl sites for hydroxylation is 1. The van der Waals surface area contributed by atoms with Gasteiger partial charge >= 0.3 is 0 Å². The molecule has 0 saturated heterocycles. The van der Waals surface area contributed by atoms with Gasteiger partial charge in [-0.1, -0.05) is 32.9 Å². The molecule has 1 aromatic heterocycles. The van der Waals surface area contributed by atoms with Gasteiger partial charge in [0, 0.05) is 22.3 Å². The van der Waals surface area contributed by atoms with E-state index >= 15 is 0 Å². The second-order valence-corrected chi connectivity index (χ2v) is 7.74. The van der Waals surface area contributed by atoms with Crippen molar-refractivity contribution in [2.24, 2.45) is 0 Å². The van der Waals surface area contributed by atoms with Crippen molar-refractivity contribution in [3.05, 3.63) is 35.2 Å². The standard InChI is InChI=1S/C20H21NO2/c1-11-9-22-18-13-6-7-14-12(5-4-8-20(14,2)3)16(13)17-19(15(11)18)23-10-21-17/h6-7,10-11H,4-5,8-9H2,1-3H3/t11-/m0/s1. The summed E-state index contributed by atoms with van der Waals surface area (Å²) in [7, 11) is 0. The number of oxazole rings is 1. The van der Waals surface area contributed by atoms with Crippen LogP contribution in [0.5, 0.6) is 5.75 Å². The van der Waals surface area contributed by atoms with Gasteiger partial charge in [-0.15, -0.1) is 0 Å². The number of nitrogens with zero attached hydrogens (tertiary/aromatic N) is 1. The first-order valence-corrected chi connectivity index (χ1v) is 8.56. The van der Waals surface area contributed by atoms with Gasteiger partial charge in [0.25, 0.3) is 0 Å². The fourth-order valence-electron chi connectivity index (χ4n) is 4.60. The van der Waals surface area contributed by atoms with Crippen LogP contribution in [-0.4, -0.2) is 11.6 Å². The maximum atomic E-state index is 6.06. The van der Waals surface area contributed by atoms with Crippen molar-refractivity contribution >= 4 is 21.9 Å². The highest BCUT2D eigenvalue weighted by Gasteiger charge is 2.33.